The Kier molecular flexibility index (Phi) is 5.56. The fourth-order valence-corrected chi connectivity index (χ4v) is 2.68. The fraction of sp³-hybridized carbons (Fsp3) is 0.533. The lowest BCUT2D eigenvalue weighted by atomic mass is 10.1. The van der Waals surface area contributed by atoms with Gasteiger partial charge in [0.2, 0.25) is 5.91 Å². The standard InChI is InChI=1S/C15H18ClF3N2O/c16-11-4-5-13(12(10-11)15(17,18)19)20-7-6-14(22)21-8-2-1-3-9-21/h4-5,10,20H,1-3,6-9H2. The quantitative estimate of drug-likeness (QED) is 0.896. The van der Waals surface area contributed by atoms with E-state index in [4.69, 9.17) is 11.6 Å². The van der Waals surface area contributed by atoms with Gasteiger partial charge in [-0.15, -0.1) is 0 Å². The third kappa shape index (κ3) is 4.53. The number of likely N-dealkylation sites (tertiary alicyclic amines) is 1. The number of hydrogen-bond acceptors (Lipinski definition) is 2. The van der Waals surface area contributed by atoms with Gasteiger partial charge >= 0.3 is 6.18 Å². The van der Waals surface area contributed by atoms with Gasteiger partial charge in [-0.25, -0.2) is 0 Å². The first kappa shape index (κ1) is 16.9. The minimum atomic E-state index is -4.48. The zero-order valence-electron chi connectivity index (χ0n) is 12.0. The molecule has 122 valence electrons. The topological polar surface area (TPSA) is 32.3 Å². The van der Waals surface area contributed by atoms with Crippen LogP contribution in [0.4, 0.5) is 18.9 Å². The van der Waals surface area contributed by atoms with Crippen molar-refractivity contribution in [1.82, 2.24) is 4.90 Å². The fourth-order valence-electron chi connectivity index (χ4n) is 2.51. The summed E-state index contributed by atoms with van der Waals surface area (Å²) in [5.41, 5.74) is -0.867. The van der Waals surface area contributed by atoms with Crippen molar-refractivity contribution >= 4 is 23.2 Å². The van der Waals surface area contributed by atoms with Crippen LogP contribution in [0.2, 0.25) is 5.02 Å². The van der Waals surface area contributed by atoms with Crippen LogP contribution in [0, 0.1) is 0 Å². The molecular formula is C15H18ClF3N2O. The second-order valence-corrected chi connectivity index (χ2v) is 5.74. The lowest BCUT2D eigenvalue weighted by Crippen LogP contribution is -2.36. The van der Waals surface area contributed by atoms with Crippen molar-refractivity contribution in [3.05, 3.63) is 28.8 Å². The number of nitrogens with one attached hydrogen (secondary N) is 1. The molecule has 0 bridgehead atoms. The summed E-state index contributed by atoms with van der Waals surface area (Å²) in [5.74, 6) is -0.0188. The zero-order valence-corrected chi connectivity index (χ0v) is 12.8. The molecule has 22 heavy (non-hydrogen) atoms. The normalized spacial score (nSPS) is 15.7. The SMILES string of the molecule is O=C(CCNc1ccc(Cl)cc1C(F)(F)F)N1CCCCC1. The first-order valence-corrected chi connectivity index (χ1v) is 7.64. The second-order valence-electron chi connectivity index (χ2n) is 5.31. The van der Waals surface area contributed by atoms with Gasteiger partial charge in [0, 0.05) is 36.8 Å². The van der Waals surface area contributed by atoms with Gasteiger partial charge in [0.15, 0.2) is 0 Å². The Morgan fingerprint density at radius 2 is 1.91 bits per heavy atom. The molecule has 0 spiro atoms. The number of alkyl halides is 3. The summed E-state index contributed by atoms with van der Waals surface area (Å²) in [6.45, 7) is 1.65. The predicted octanol–water partition coefficient (Wildman–Crippen LogP) is 4.17. The number of carbonyl (C=O) groups excluding carboxylic acids is 1. The molecule has 1 saturated heterocycles. The van der Waals surface area contributed by atoms with E-state index in [1.54, 1.807) is 4.90 Å². The molecule has 0 atom stereocenters. The van der Waals surface area contributed by atoms with E-state index in [2.05, 4.69) is 5.32 Å². The molecule has 3 nitrogen and oxygen atoms in total. The van der Waals surface area contributed by atoms with Gasteiger partial charge in [0.1, 0.15) is 0 Å². The largest absolute Gasteiger partial charge is 0.418 e. The highest BCUT2D eigenvalue weighted by Crippen LogP contribution is 2.36. The molecule has 1 aliphatic rings. The van der Waals surface area contributed by atoms with Crippen molar-refractivity contribution in [2.24, 2.45) is 0 Å². The van der Waals surface area contributed by atoms with Gasteiger partial charge in [0.05, 0.1) is 5.56 Å². The molecular weight excluding hydrogens is 317 g/mol. The van der Waals surface area contributed by atoms with Crippen LogP contribution in [0.15, 0.2) is 18.2 Å². The molecule has 1 aromatic rings. The van der Waals surface area contributed by atoms with Crippen molar-refractivity contribution in [3.8, 4) is 0 Å². The highest BCUT2D eigenvalue weighted by atomic mass is 35.5. The van der Waals surface area contributed by atoms with Crippen LogP contribution in [0.5, 0.6) is 0 Å². The molecule has 0 aromatic heterocycles. The van der Waals surface area contributed by atoms with Gasteiger partial charge in [-0.05, 0) is 37.5 Å². The summed E-state index contributed by atoms with van der Waals surface area (Å²) in [6, 6.07) is 3.57. The summed E-state index contributed by atoms with van der Waals surface area (Å²) in [5, 5.41) is 2.72. The lowest BCUT2D eigenvalue weighted by molar-refractivity contribution is -0.137. The molecule has 1 aromatic carbocycles. The van der Waals surface area contributed by atoms with Gasteiger partial charge in [-0.2, -0.15) is 13.2 Å². The van der Waals surface area contributed by atoms with Gasteiger partial charge < -0.3 is 10.2 Å². The molecule has 2 rings (SSSR count). The number of amides is 1. The van der Waals surface area contributed by atoms with E-state index in [0.29, 0.717) is 0 Å². The number of hydrogen-bond donors (Lipinski definition) is 1. The minimum Gasteiger partial charge on any atom is -0.384 e. The van der Waals surface area contributed by atoms with Crippen molar-refractivity contribution < 1.29 is 18.0 Å². The van der Waals surface area contributed by atoms with Gasteiger partial charge in [0.25, 0.3) is 0 Å². The number of benzene rings is 1. The van der Waals surface area contributed by atoms with Crippen molar-refractivity contribution in [3.63, 3.8) is 0 Å². The Morgan fingerprint density at radius 1 is 1.23 bits per heavy atom. The van der Waals surface area contributed by atoms with E-state index in [1.165, 1.54) is 12.1 Å². The average molecular weight is 335 g/mol. The third-order valence-electron chi connectivity index (χ3n) is 3.65. The molecule has 0 saturated carbocycles. The highest BCUT2D eigenvalue weighted by Gasteiger charge is 2.33. The van der Waals surface area contributed by atoms with Crippen LogP contribution in [0.25, 0.3) is 0 Å². The number of carbonyl (C=O) groups is 1. The Bertz CT molecular complexity index is 528. The number of anilines is 1. The van der Waals surface area contributed by atoms with E-state index in [-0.39, 0.29) is 29.6 Å². The molecule has 1 amide bonds. The first-order chi connectivity index (χ1) is 10.4. The maximum absolute atomic E-state index is 12.9. The van der Waals surface area contributed by atoms with E-state index < -0.39 is 11.7 Å². The number of piperidine rings is 1. The van der Waals surface area contributed by atoms with Crippen molar-refractivity contribution in [2.75, 3.05) is 25.0 Å². The number of nitrogens with zero attached hydrogens (tertiary/aromatic N) is 1. The maximum atomic E-state index is 12.9. The number of rotatable bonds is 4. The summed E-state index contributed by atoms with van der Waals surface area (Å²) in [6.07, 6.45) is -1.19. The van der Waals surface area contributed by atoms with E-state index in [0.717, 1.165) is 38.4 Å². The van der Waals surface area contributed by atoms with Gasteiger partial charge in [-0.1, -0.05) is 11.6 Å². The van der Waals surface area contributed by atoms with E-state index >= 15 is 0 Å². The average Bonchev–Trinajstić information content (AvgIpc) is 2.48. The second kappa shape index (κ2) is 7.22. The van der Waals surface area contributed by atoms with E-state index in [9.17, 15) is 18.0 Å². The minimum absolute atomic E-state index is 0.0188. The molecule has 0 aliphatic carbocycles. The van der Waals surface area contributed by atoms with Crippen LogP contribution >= 0.6 is 11.6 Å². The summed E-state index contributed by atoms with van der Waals surface area (Å²) >= 11 is 5.62. The predicted molar refractivity (Wildman–Crippen MR) is 80.0 cm³/mol. The molecule has 0 radical (unpaired) electrons. The highest BCUT2D eigenvalue weighted by molar-refractivity contribution is 6.30. The third-order valence-corrected chi connectivity index (χ3v) is 3.89. The van der Waals surface area contributed by atoms with Crippen LogP contribution in [0.3, 0.4) is 0 Å². The summed E-state index contributed by atoms with van der Waals surface area (Å²) in [7, 11) is 0. The van der Waals surface area contributed by atoms with Gasteiger partial charge in [-0.3, -0.25) is 4.79 Å². The lowest BCUT2D eigenvalue weighted by Gasteiger charge is -2.26. The summed E-state index contributed by atoms with van der Waals surface area (Å²) in [4.78, 5) is 13.7. The first-order valence-electron chi connectivity index (χ1n) is 7.26. The van der Waals surface area contributed by atoms with E-state index in [1.807, 2.05) is 0 Å². The Balaban J connectivity index is 1.93. The Morgan fingerprint density at radius 3 is 2.55 bits per heavy atom. The monoisotopic (exact) mass is 334 g/mol. The molecule has 1 N–H and O–H groups in total. The molecule has 1 aliphatic heterocycles. The van der Waals surface area contributed by atoms with Crippen molar-refractivity contribution in [1.29, 1.82) is 0 Å². The van der Waals surface area contributed by atoms with Crippen molar-refractivity contribution in [2.45, 2.75) is 31.9 Å². The van der Waals surface area contributed by atoms with Crippen LogP contribution in [0.1, 0.15) is 31.2 Å². The molecule has 1 fully saturated rings. The Labute approximate surface area is 132 Å². The molecule has 7 heteroatoms. The van der Waals surface area contributed by atoms with Crippen LogP contribution < -0.4 is 5.32 Å². The van der Waals surface area contributed by atoms with Crippen LogP contribution in [-0.2, 0) is 11.0 Å². The zero-order chi connectivity index (χ0) is 16.2. The Hall–Kier alpha value is -1.43. The molecule has 1 heterocycles. The smallest absolute Gasteiger partial charge is 0.384 e. The summed E-state index contributed by atoms with van der Waals surface area (Å²) < 4.78 is 38.8. The molecule has 0 unspecified atom stereocenters. The number of halogens is 4. The van der Waals surface area contributed by atoms with Crippen LogP contribution in [-0.4, -0.2) is 30.4 Å². The maximum Gasteiger partial charge on any atom is 0.418 e.